The lowest BCUT2D eigenvalue weighted by Gasteiger charge is -2.12. The Labute approximate surface area is 213 Å². The highest BCUT2D eigenvalue weighted by atomic mass is 19.1. The third-order valence-corrected chi connectivity index (χ3v) is 4.72. The van der Waals surface area contributed by atoms with Gasteiger partial charge in [0.2, 0.25) is 0 Å². The Bertz CT molecular complexity index is 1260. The van der Waals surface area contributed by atoms with Gasteiger partial charge in [-0.15, -0.1) is 0 Å². The Kier molecular flexibility index (Phi) is 9.72. The number of nitrogens with zero attached hydrogens (tertiary/aromatic N) is 1. The van der Waals surface area contributed by atoms with Gasteiger partial charge in [0.1, 0.15) is 11.6 Å². The highest BCUT2D eigenvalue weighted by Crippen LogP contribution is 2.29. The number of halogens is 1. The lowest BCUT2D eigenvalue weighted by molar-refractivity contribution is -0.136. The average Bonchev–Trinajstić information content (AvgIpc) is 2.90. The summed E-state index contributed by atoms with van der Waals surface area (Å²) in [7, 11) is 0. The second-order valence-electron chi connectivity index (χ2n) is 7.56. The zero-order valence-electron chi connectivity index (χ0n) is 20.3. The van der Waals surface area contributed by atoms with E-state index in [1.165, 1.54) is 24.4 Å². The molecule has 3 rings (SSSR count). The molecule has 0 aliphatic heterocycles. The molecule has 0 aromatic heterocycles. The minimum absolute atomic E-state index is 0.207. The average molecular weight is 508 g/mol. The SMILES string of the molecule is CCCOc1ccc(C(=O)Oc2ccc(C=NNC(=O)C(=O)Nc3ccc(F)cc3)cc2OCC)cc1. The van der Waals surface area contributed by atoms with Crippen LogP contribution < -0.4 is 25.0 Å². The molecule has 0 unspecified atom stereocenters. The quantitative estimate of drug-likeness (QED) is 0.139. The molecule has 0 radical (unpaired) electrons. The predicted octanol–water partition coefficient (Wildman–Crippen LogP) is 4.32. The number of hydrogen-bond acceptors (Lipinski definition) is 7. The molecular weight excluding hydrogens is 481 g/mol. The zero-order valence-corrected chi connectivity index (χ0v) is 20.3. The number of hydrogen-bond donors (Lipinski definition) is 2. The lowest BCUT2D eigenvalue weighted by atomic mass is 10.2. The van der Waals surface area contributed by atoms with E-state index in [9.17, 15) is 18.8 Å². The monoisotopic (exact) mass is 507 g/mol. The summed E-state index contributed by atoms with van der Waals surface area (Å²) >= 11 is 0. The van der Waals surface area contributed by atoms with Crippen molar-refractivity contribution in [3.63, 3.8) is 0 Å². The van der Waals surface area contributed by atoms with Gasteiger partial charge in [-0.05, 0) is 85.6 Å². The summed E-state index contributed by atoms with van der Waals surface area (Å²) in [6.45, 7) is 4.69. The van der Waals surface area contributed by atoms with Gasteiger partial charge in [-0.25, -0.2) is 14.6 Å². The highest BCUT2D eigenvalue weighted by molar-refractivity contribution is 6.39. The minimum Gasteiger partial charge on any atom is -0.494 e. The van der Waals surface area contributed by atoms with E-state index < -0.39 is 23.6 Å². The Morgan fingerprint density at radius 3 is 2.30 bits per heavy atom. The van der Waals surface area contributed by atoms with Crippen LogP contribution in [0.25, 0.3) is 0 Å². The van der Waals surface area contributed by atoms with Crippen molar-refractivity contribution in [2.24, 2.45) is 5.10 Å². The van der Waals surface area contributed by atoms with Crippen LogP contribution in [-0.4, -0.2) is 37.2 Å². The molecule has 3 aromatic rings. The standard InChI is InChI=1S/C27H26FN3O6/c1-3-15-36-22-12-6-19(7-13-22)27(34)37-23-14-5-18(16-24(23)35-4-2)17-29-31-26(33)25(32)30-21-10-8-20(28)9-11-21/h5-14,16-17H,3-4,15H2,1-2H3,(H,30,32)(H,31,33). The van der Waals surface area contributed by atoms with E-state index in [0.29, 0.717) is 35.8 Å². The van der Waals surface area contributed by atoms with Crippen molar-refractivity contribution in [3.05, 3.63) is 83.7 Å². The molecule has 10 heteroatoms. The molecule has 0 saturated heterocycles. The Morgan fingerprint density at radius 1 is 0.892 bits per heavy atom. The molecule has 192 valence electrons. The van der Waals surface area contributed by atoms with E-state index in [-0.39, 0.29) is 11.4 Å². The molecule has 0 aliphatic carbocycles. The number of nitrogens with one attached hydrogen (secondary N) is 2. The first-order valence-electron chi connectivity index (χ1n) is 11.5. The first-order chi connectivity index (χ1) is 17.9. The van der Waals surface area contributed by atoms with Crippen LogP contribution in [0, 0.1) is 5.82 Å². The third-order valence-electron chi connectivity index (χ3n) is 4.72. The molecule has 0 heterocycles. The molecule has 0 aliphatic rings. The van der Waals surface area contributed by atoms with Gasteiger partial charge in [0, 0.05) is 5.69 Å². The van der Waals surface area contributed by atoms with Gasteiger partial charge in [-0.1, -0.05) is 6.92 Å². The molecular formula is C27H26FN3O6. The molecule has 2 amide bonds. The Hall–Kier alpha value is -4.73. The van der Waals surface area contributed by atoms with Crippen LogP contribution >= 0.6 is 0 Å². The summed E-state index contributed by atoms with van der Waals surface area (Å²) in [5, 5.41) is 6.09. The van der Waals surface area contributed by atoms with Crippen LogP contribution in [0.15, 0.2) is 71.8 Å². The number of ether oxygens (including phenoxy) is 3. The highest BCUT2D eigenvalue weighted by Gasteiger charge is 2.15. The largest absolute Gasteiger partial charge is 0.494 e. The summed E-state index contributed by atoms with van der Waals surface area (Å²) in [4.78, 5) is 36.5. The van der Waals surface area contributed by atoms with E-state index in [4.69, 9.17) is 14.2 Å². The molecule has 0 saturated carbocycles. The fourth-order valence-electron chi connectivity index (χ4n) is 2.96. The number of rotatable bonds is 10. The minimum atomic E-state index is -1.01. The summed E-state index contributed by atoms with van der Waals surface area (Å²) in [6.07, 6.45) is 2.18. The van der Waals surface area contributed by atoms with E-state index >= 15 is 0 Å². The summed E-state index contributed by atoms with van der Waals surface area (Å²) in [6, 6.07) is 16.3. The number of esters is 1. The number of hydrazone groups is 1. The van der Waals surface area contributed by atoms with E-state index in [1.807, 2.05) is 6.92 Å². The maximum atomic E-state index is 13.0. The number of carbonyl (C=O) groups is 3. The van der Waals surface area contributed by atoms with Crippen LogP contribution in [0.1, 0.15) is 36.2 Å². The summed E-state index contributed by atoms with van der Waals surface area (Å²) in [5.74, 6) is -1.85. The zero-order chi connectivity index (χ0) is 26.6. The van der Waals surface area contributed by atoms with Gasteiger partial charge >= 0.3 is 17.8 Å². The van der Waals surface area contributed by atoms with Crippen molar-refractivity contribution in [2.75, 3.05) is 18.5 Å². The molecule has 2 N–H and O–H groups in total. The van der Waals surface area contributed by atoms with Crippen molar-refractivity contribution < 1.29 is 33.0 Å². The maximum Gasteiger partial charge on any atom is 0.343 e. The van der Waals surface area contributed by atoms with Crippen molar-refractivity contribution >= 4 is 29.7 Å². The van der Waals surface area contributed by atoms with Crippen molar-refractivity contribution in [1.29, 1.82) is 0 Å². The van der Waals surface area contributed by atoms with Crippen LogP contribution in [0.5, 0.6) is 17.2 Å². The van der Waals surface area contributed by atoms with E-state index in [2.05, 4.69) is 15.8 Å². The van der Waals surface area contributed by atoms with Crippen LogP contribution in [0.2, 0.25) is 0 Å². The lowest BCUT2D eigenvalue weighted by Crippen LogP contribution is -2.32. The smallest absolute Gasteiger partial charge is 0.343 e. The van der Waals surface area contributed by atoms with Gasteiger partial charge in [0.15, 0.2) is 11.5 Å². The van der Waals surface area contributed by atoms with Crippen molar-refractivity contribution in [2.45, 2.75) is 20.3 Å². The van der Waals surface area contributed by atoms with Crippen molar-refractivity contribution in [1.82, 2.24) is 5.43 Å². The molecule has 37 heavy (non-hydrogen) atoms. The molecule has 3 aromatic carbocycles. The van der Waals surface area contributed by atoms with Gasteiger partial charge < -0.3 is 19.5 Å². The normalized spacial score (nSPS) is 10.6. The van der Waals surface area contributed by atoms with E-state index in [1.54, 1.807) is 43.3 Å². The van der Waals surface area contributed by atoms with Gasteiger partial charge in [0.05, 0.1) is 25.0 Å². The fraction of sp³-hybridized carbons (Fsp3) is 0.185. The first kappa shape index (κ1) is 26.9. The second kappa shape index (κ2) is 13.4. The molecule has 0 spiro atoms. The number of benzene rings is 3. The summed E-state index contributed by atoms with van der Waals surface area (Å²) < 4.78 is 29.6. The van der Waals surface area contributed by atoms with Gasteiger partial charge in [0.25, 0.3) is 0 Å². The number of carbonyl (C=O) groups excluding carboxylic acids is 3. The molecule has 0 fully saturated rings. The molecule has 0 bridgehead atoms. The molecule has 9 nitrogen and oxygen atoms in total. The van der Waals surface area contributed by atoms with Crippen LogP contribution in [0.3, 0.4) is 0 Å². The van der Waals surface area contributed by atoms with Gasteiger partial charge in [-0.2, -0.15) is 5.10 Å². The van der Waals surface area contributed by atoms with E-state index in [0.717, 1.165) is 18.6 Å². The second-order valence-corrected chi connectivity index (χ2v) is 7.56. The Balaban J connectivity index is 1.60. The topological polar surface area (TPSA) is 115 Å². The fourth-order valence-corrected chi connectivity index (χ4v) is 2.96. The number of anilines is 1. The maximum absolute atomic E-state index is 13.0. The Morgan fingerprint density at radius 2 is 1.62 bits per heavy atom. The van der Waals surface area contributed by atoms with Gasteiger partial charge in [-0.3, -0.25) is 9.59 Å². The molecule has 0 atom stereocenters. The number of amides is 2. The van der Waals surface area contributed by atoms with Crippen LogP contribution in [-0.2, 0) is 9.59 Å². The first-order valence-corrected chi connectivity index (χ1v) is 11.5. The third kappa shape index (κ3) is 8.17. The van der Waals surface area contributed by atoms with Crippen LogP contribution in [0.4, 0.5) is 10.1 Å². The summed E-state index contributed by atoms with van der Waals surface area (Å²) in [5.41, 5.74) is 3.23. The van der Waals surface area contributed by atoms with Crippen molar-refractivity contribution in [3.8, 4) is 17.2 Å². The predicted molar refractivity (Wildman–Crippen MR) is 136 cm³/mol.